The first-order chi connectivity index (χ1) is 12.5. The van der Waals surface area contributed by atoms with E-state index in [1.807, 2.05) is 50.2 Å². The summed E-state index contributed by atoms with van der Waals surface area (Å²) in [6, 6.07) is 11.4. The predicted molar refractivity (Wildman–Crippen MR) is 104 cm³/mol. The molecule has 2 heterocycles. The van der Waals surface area contributed by atoms with Crippen LogP contribution in [0.25, 0.3) is 0 Å². The number of aromatic nitrogens is 2. The molecule has 3 rings (SSSR count). The smallest absolute Gasteiger partial charge is 0.255 e. The van der Waals surface area contributed by atoms with Gasteiger partial charge in [-0.2, -0.15) is 0 Å². The van der Waals surface area contributed by atoms with E-state index < -0.39 is 0 Å². The molecule has 0 atom stereocenters. The second-order valence-electron chi connectivity index (χ2n) is 5.88. The highest BCUT2D eigenvalue weighted by atomic mass is 79.9. The van der Waals surface area contributed by atoms with Gasteiger partial charge >= 0.3 is 0 Å². The zero-order valence-electron chi connectivity index (χ0n) is 14.7. The van der Waals surface area contributed by atoms with Crippen molar-refractivity contribution in [2.75, 3.05) is 7.05 Å². The Kier molecular flexibility index (Phi) is 5.78. The van der Waals surface area contributed by atoms with Crippen molar-refractivity contribution < 1.29 is 9.32 Å². The van der Waals surface area contributed by atoms with Crippen LogP contribution >= 0.6 is 27.7 Å². The largest absolute Gasteiger partial charge is 0.361 e. The first-order valence-corrected chi connectivity index (χ1v) is 9.62. The van der Waals surface area contributed by atoms with Crippen LogP contribution in [0.15, 0.2) is 61.5 Å². The summed E-state index contributed by atoms with van der Waals surface area (Å²) in [5, 5.41) is 4.79. The van der Waals surface area contributed by atoms with Gasteiger partial charge in [0.25, 0.3) is 5.91 Å². The van der Waals surface area contributed by atoms with Crippen LogP contribution < -0.4 is 0 Å². The summed E-state index contributed by atoms with van der Waals surface area (Å²) in [4.78, 5) is 19.9. The van der Waals surface area contributed by atoms with Crippen molar-refractivity contribution in [1.82, 2.24) is 15.0 Å². The average molecular weight is 432 g/mol. The first kappa shape index (κ1) is 18.7. The van der Waals surface area contributed by atoms with E-state index >= 15 is 0 Å². The van der Waals surface area contributed by atoms with Crippen molar-refractivity contribution in [3.05, 3.63) is 69.6 Å². The Bertz CT molecular complexity index is 905. The molecule has 0 bridgehead atoms. The summed E-state index contributed by atoms with van der Waals surface area (Å²) in [5.41, 5.74) is 2.40. The van der Waals surface area contributed by atoms with E-state index in [9.17, 15) is 4.79 Å². The molecule has 0 saturated carbocycles. The lowest BCUT2D eigenvalue weighted by atomic mass is 10.1. The van der Waals surface area contributed by atoms with Gasteiger partial charge in [-0.05, 0) is 54.0 Å². The topological polar surface area (TPSA) is 59.2 Å². The Hall–Kier alpha value is -2.12. The number of carbonyl (C=O) groups excluding carboxylic acids is 1. The van der Waals surface area contributed by atoms with Gasteiger partial charge in [0.1, 0.15) is 10.8 Å². The highest BCUT2D eigenvalue weighted by Crippen LogP contribution is 2.30. The standard InChI is InChI=1S/C19H18BrN3O2S/c1-12-16(13(2)25-22-12)11-23(3)19(24)15-6-4-5-7-17(15)26-18-9-8-14(20)10-21-18/h4-10H,11H2,1-3H3. The molecule has 3 aromatic rings. The van der Waals surface area contributed by atoms with E-state index in [-0.39, 0.29) is 5.91 Å². The van der Waals surface area contributed by atoms with E-state index in [0.717, 1.165) is 31.4 Å². The lowest BCUT2D eigenvalue weighted by Gasteiger charge is -2.18. The second kappa shape index (κ2) is 8.05. The molecule has 2 aromatic heterocycles. The molecular formula is C19H18BrN3O2S. The summed E-state index contributed by atoms with van der Waals surface area (Å²) in [6.07, 6.45) is 1.75. The van der Waals surface area contributed by atoms with Gasteiger partial charge in [0.2, 0.25) is 0 Å². The lowest BCUT2D eigenvalue weighted by molar-refractivity contribution is 0.0781. The van der Waals surface area contributed by atoms with Crippen LogP contribution in [0.3, 0.4) is 0 Å². The second-order valence-corrected chi connectivity index (χ2v) is 7.85. The number of hydrogen-bond acceptors (Lipinski definition) is 5. The Morgan fingerprint density at radius 3 is 2.65 bits per heavy atom. The van der Waals surface area contributed by atoms with Crippen molar-refractivity contribution in [2.24, 2.45) is 0 Å². The molecule has 0 N–H and O–H groups in total. The zero-order valence-corrected chi connectivity index (χ0v) is 17.1. The Morgan fingerprint density at radius 2 is 2.00 bits per heavy atom. The fourth-order valence-corrected chi connectivity index (χ4v) is 3.62. The SMILES string of the molecule is Cc1noc(C)c1CN(C)C(=O)c1ccccc1Sc1ccc(Br)cn1. The minimum absolute atomic E-state index is 0.0507. The van der Waals surface area contributed by atoms with Gasteiger partial charge in [-0.3, -0.25) is 4.79 Å². The molecule has 5 nitrogen and oxygen atoms in total. The van der Waals surface area contributed by atoms with Crippen LogP contribution in [0.5, 0.6) is 0 Å². The van der Waals surface area contributed by atoms with E-state index in [1.54, 1.807) is 18.1 Å². The number of aryl methyl sites for hydroxylation is 2. The fourth-order valence-electron chi connectivity index (χ4n) is 2.51. The van der Waals surface area contributed by atoms with Crippen LogP contribution in [0.1, 0.15) is 27.4 Å². The predicted octanol–water partition coefficient (Wildman–Crippen LogP) is 4.87. The first-order valence-electron chi connectivity index (χ1n) is 8.01. The van der Waals surface area contributed by atoms with Gasteiger partial charge in [0.05, 0.1) is 17.8 Å². The van der Waals surface area contributed by atoms with Crippen molar-refractivity contribution in [1.29, 1.82) is 0 Å². The molecule has 1 amide bonds. The number of halogens is 1. The summed E-state index contributed by atoms with van der Waals surface area (Å²) in [7, 11) is 1.79. The molecule has 0 saturated heterocycles. The number of pyridine rings is 1. The monoisotopic (exact) mass is 431 g/mol. The molecule has 0 unspecified atom stereocenters. The number of rotatable bonds is 5. The highest BCUT2D eigenvalue weighted by Gasteiger charge is 2.19. The zero-order chi connectivity index (χ0) is 18.7. The molecule has 0 fully saturated rings. The molecule has 0 aliphatic heterocycles. The number of benzene rings is 1. The quantitative estimate of drug-likeness (QED) is 0.576. The number of carbonyl (C=O) groups is 1. The van der Waals surface area contributed by atoms with Gasteiger partial charge < -0.3 is 9.42 Å². The van der Waals surface area contributed by atoms with E-state index in [1.165, 1.54) is 11.8 Å². The van der Waals surface area contributed by atoms with Gasteiger partial charge in [-0.25, -0.2) is 4.98 Å². The van der Waals surface area contributed by atoms with Gasteiger partial charge in [-0.1, -0.05) is 29.1 Å². The third-order valence-corrected chi connectivity index (χ3v) is 5.45. The maximum atomic E-state index is 13.0. The van der Waals surface area contributed by atoms with Crippen LogP contribution in [-0.4, -0.2) is 28.0 Å². The van der Waals surface area contributed by atoms with Gasteiger partial charge in [0, 0.05) is 28.2 Å². The summed E-state index contributed by atoms with van der Waals surface area (Å²) < 4.78 is 6.11. The van der Waals surface area contributed by atoms with Crippen LogP contribution in [-0.2, 0) is 6.54 Å². The molecule has 0 aliphatic rings. The van der Waals surface area contributed by atoms with Crippen molar-refractivity contribution in [3.8, 4) is 0 Å². The van der Waals surface area contributed by atoms with E-state index in [2.05, 4.69) is 26.1 Å². The third kappa shape index (κ3) is 4.16. The van der Waals surface area contributed by atoms with Gasteiger partial charge in [-0.15, -0.1) is 0 Å². The average Bonchev–Trinajstić information content (AvgIpc) is 2.95. The van der Waals surface area contributed by atoms with Gasteiger partial charge in [0.15, 0.2) is 0 Å². The van der Waals surface area contributed by atoms with E-state index in [0.29, 0.717) is 12.1 Å². The van der Waals surface area contributed by atoms with Crippen molar-refractivity contribution in [3.63, 3.8) is 0 Å². The molecule has 0 spiro atoms. The third-order valence-electron chi connectivity index (χ3n) is 3.96. The Morgan fingerprint density at radius 1 is 1.23 bits per heavy atom. The number of nitrogens with zero attached hydrogens (tertiary/aromatic N) is 3. The molecule has 0 radical (unpaired) electrons. The molecule has 1 aromatic carbocycles. The minimum Gasteiger partial charge on any atom is -0.361 e. The summed E-state index contributed by atoms with van der Waals surface area (Å²) in [5.74, 6) is 0.689. The molecule has 134 valence electrons. The lowest BCUT2D eigenvalue weighted by Crippen LogP contribution is -2.27. The normalized spacial score (nSPS) is 10.8. The number of hydrogen-bond donors (Lipinski definition) is 0. The maximum Gasteiger partial charge on any atom is 0.255 e. The molecule has 7 heteroatoms. The van der Waals surface area contributed by atoms with Crippen LogP contribution in [0, 0.1) is 13.8 Å². The molecular weight excluding hydrogens is 414 g/mol. The Balaban J connectivity index is 1.82. The maximum absolute atomic E-state index is 13.0. The van der Waals surface area contributed by atoms with E-state index in [4.69, 9.17) is 4.52 Å². The summed E-state index contributed by atoms with van der Waals surface area (Å²) >= 11 is 4.85. The summed E-state index contributed by atoms with van der Waals surface area (Å²) in [6.45, 7) is 4.19. The highest BCUT2D eigenvalue weighted by molar-refractivity contribution is 9.10. The number of amides is 1. The fraction of sp³-hybridized carbons (Fsp3) is 0.211. The Labute approximate surface area is 164 Å². The minimum atomic E-state index is -0.0507. The molecule has 0 aliphatic carbocycles. The van der Waals surface area contributed by atoms with Crippen molar-refractivity contribution >= 4 is 33.6 Å². The van der Waals surface area contributed by atoms with Crippen LogP contribution in [0.4, 0.5) is 0 Å². The van der Waals surface area contributed by atoms with Crippen molar-refractivity contribution in [2.45, 2.75) is 30.3 Å². The van der Waals surface area contributed by atoms with Crippen LogP contribution in [0.2, 0.25) is 0 Å². The molecule has 26 heavy (non-hydrogen) atoms.